The molecule has 28 heavy (non-hydrogen) atoms. The number of hydrogen-bond acceptors (Lipinski definition) is 5. The van der Waals surface area contributed by atoms with Crippen molar-refractivity contribution < 1.29 is 21.6 Å². The third-order valence-corrected chi connectivity index (χ3v) is 6.46. The van der Waals surface area contributed by atoms with Gasteiger partial charge in [-0.3, -0.25) is 9.10 Å². The average Bonchev–Trinajstić information content (AvgIpc) is 2.59. The first-order valence-corrected chi connectivity index (χ1v) is 12.3. The minimum atomic E-state index is -3.64. The van der Waals surface area contributed by atoms with Gasteiger partial charge in [-0.05, 0) is 43.7 Å². The third kappa shape index (κ3) is 5.80. The van der Waals surface area contributed by atoms with Crippen LogP contribution in [0.15, 0.2) is 53.4 Å². The fourth-order valence-electron chi connectivity index (χ4n) is 2.62. The van der Waals surface area contributed by atoms with E-state index in [0.717, 1.165) is 22.4 Å². The first-order chi connectivity index (χ1) is 12.9. The zero-order chi connectivity index (χ0) is 21.1. The van der Waals surface area contributed by atoms with E-state index in [0.29, 0.717) is 11.3 Å². The van der Waals surface area contributed by atoms with Gasteiger partial charge >= 0.3 is 0 Å². The number of rotatable bonds is 7. The summed E-state index contributed by atoms with van der Waals surface area (Å²) < 4.78 is 48.4. The minimum absolute atomic E-state index is 0.192. The Labute approximate surface area is 166 Å². The van der Waals surface area contributed by atoms with Gasteiger partial charge in [0.2, 0.25) is 15.9 Å². The Morgan fingerprint density at radius 2 is 1.50 bits per heavy atom. The summed E-state index contributed by atoms with van der Waals surface area (Å²) in [6, 6.07) is 12.6. The number of anilines is 1. The van der Waals surface area contributed by atoms with Gasteiger partial charge in [-0.25, -0.2) is 16.8 Å². The van der Waals surface area contributed by atoms with Crippen molar-refractivity contribution in [2.75, 3.05) is 23.4 Å². The zero-order valence-electron chi connectivity index (χ0n) is 16.2. The lowest BCUT2D eigenvalue weighted by molar-refractivity contribution is -0.120. The number of carbonyl (C=O) groups excluding carboxylic acids is 1. The van der Waals surface area contributed by atoms with Crippen LogP contribution in [0.5, 0.6) is 0 Å². The maximum absolute atomic E-state index is 12.4. The van der Waals surface area contributed by atoms with Gasteiger partial charge in [-0.1, -0.05) is 29.8 Å². The van der Waals surface area contributed by atoms with Crippen molar-refractivity contribution in [1.82, 2.24) is 5.32 Å². The summed E-state index contributed by atoms with van der Waals surface area (Å²) in [5.74, 6) is -0.467. The predicted octanol–water partition coefficient (Wildman–Crippen LogP) is 2.04. The predicted molar refractivity (Wildman–Crippen MR) is 109 cm³/mol. The Bertz CT molecular complexity index is 1040. The fraction of sp³-hybridized carbons (Fsp3) is 0.316. The van der Waals surface area contributed by atoms with Crippen molar-refractivity contribution in [2.24, 2.45) is 0 Å². The van der Waals surface area contributed by atoms with E-state index in [1.807, 2.05) is 6.92 Å². The fourth-order valence-corrected chi connectivity index (χ4v) is 4.10. The van der Waals surface area contributed by atoms with E-state index in [2.05, 4.69) is 5.32 Å². The second-order valence-corrected chi connectivity index (χ2v) is 10.7. The van der Waals surface area contributed by atoms with E-state index in [1.54, 1.807) is 43.3 Å². The lowest BCUT2D eigenvalue weighted by Gasteiger charge is -2.23. The summed E-state index contributed by atoms with van der Waals surface area (Å²) in [4.78, 5) is 12.6. The number of carbonyl (C=O) groups is 1. The van der Waals surface area contributed by atoms with Crippen LogP contribution in [0, 0.1) is 6.92 Å². The molecule has 9 heteroatoms. The van der Waals surface area contributed by atoms with Crippen LogP contribution in [0.4, 0.5) is 5.69 Å². The topological polar surface area (TPSA) is 101 Å². The molecule has 0 spiro atoms. The molecule has 2 aromatic rings. The van der Waals surface area contributed by atoms with Crippen molar-refractivity contribution in [3.63, 3.8) is 0 Å². The van der Waals surface area contributed by atoms with E-state index in [1.165, 1.54) is 12.1 Å². The van der Waals surface area contributed by atoms with E-state index < -0.39 is 31.8 Å². The highest BCUT2D eigenvalue weighted by Crippen LogP contribution is 2.19. The molecule has 0 aliphatic carbocycles. The molecule has 0 aromatic heterocycles. The first kappa shape index (κ1) is 21.9. The lowest BCUT2D eigenvalue weighted by atomic mass is 10.1. The molecule has 0 saturated carbocycles. The van der Waals surface area contributed by atoms with E-state index in [9.17, 15) is 21.6 Å². The number of aryl methyl sites for hydroxylation is 1. The zero-order valence-corrected chi connectivity index (χ0v) is 17.8. The maximum atomic E-state index is 12.4. The Balaban J connectivity index is 2.13. The number of sulfone groups is 1. The molecule has 1 amide bonds. The summed E-state index contributed by atoms with van der Waals surface area (Å²) in [6.45, 7) is 3.27. The molecule has 0 aliphatic rings. The molecule has 0 bridgehead atoms. The van der Waals surface area contributed by atoms with E-state index in [-0.39, 0.29) is 11.4 Å². The van der Waals surface area contributed by atoms with Crippen molar-refractivity contribution in [3.8, 4) is 0 Å². The number of hydrogen-bond donors (Lipinski definition) is 1. The quantitative estimate of drug-likeness (QED) is 0.733. The van der Waals surface area contributed by atoms with Crippen molar-refractivity contribution in [3.05, 3.63) is 59.7 Å². The number of nitrogens with one attached hydrogen (secondary N) is 1. The molecule has 0 fully saturated rings. The molecule has 0 heterocycles. The molecule has 2 rings (SSSR count). The van der Waals surface area contributed by atoms with Gasteiger partial charge < -0.3 is 5.32 Å². The summed E-state index contributed by atoms with van der Waals surface area (Å²) in [5, 5.41) is 2.74. The number of amides is 1. The summed E-state index contributed by atoms with van der Waals surface area (Å²) in [7, 11) is -6.94. The molecular weight excluding hydrogens is 400 g/mol. The molecule has 1 atom stereocenters. The highest BCUT2D eigenvalue weighted by atomic mass is 32.2. The van der Waals surface area contributed by atoms with Crippen LogP contribution in [0.25, 0.3) is 0 Å². The van der Waals surface area contributed by atoms with Gasteiger partial charge in [-0.2, -0.15) is 0 Å². The molecule has 2 aromatic carbocycles. The van der Waals surface area contributed by atoms with Gasteiger partial charge in [0.15, 0.2) is 9.84 Å². The van der Waals surface area contributed by atoms with Crippen LogP contribution in [0.2, 0.25) is 0 Å². The SMILES string of the molecule is Cc1ccc(N(CC(=O)N[C@H](C)c2ccc(S(C)(=O)=O)cc2)S(C)(=O)=O)cc1. The van der Waals surface area contributed by atoms with Gasteiger partial charge in [0.1, 0.15) is 6.54 Å². The smallest absolute Gasteiger partial charge is 0.241 e. The Hall–Kier alpha value is -2.39. The lowest BCUT2D eigenvalue weighted by Crippen LogP contribution is -2.41. The minimum Gasteiger partial charge on any atom is -0.348 e. The van der Waals surface area contributed by atoms with Crippen LogP contribution < -0.4 is 9.62 Å². The van der Waals surface area contributed by atoms with Gasteiger partial charge in [-0.15, -0.1) is 0 Å². The highest BCUT2D eigenvalue weighted by molar-refractivity contribution is 7.92. The molecule has 0 saturated heterocycles. The van der Waals surface area contributed by atoms with Crippen LogP contribution >= 0.6 is 0 Å². The molecule has 0 aliphatic heterocycles. The molecule has 1 N–H and O–H groups in total. The van der Waals surface area contributed by atoms with Crippen molar-refractivity contribution in [2.45, 2.75) is 24.8 Å². The van der Waals surface area contributed by atoms with Crippen LogP contribution in [-0.2, 0) is 24.7 Å². The maximum Gasteiger partial charge on any atom is 0.241 e. The van der Waals surface area contributed by atoms with Gasteiger partial charge in [0.25, 0.3) is 0 Å². The Kier molecular flexibility index (Phi) is 6.51. The summed E-state index contributed by atoms with van der Waals surface area (Å²) >= 11 is 0. The molecule has 0 radical (unpaired) electrons. The molecule has 152 valence electrons. The average molecular weight is 425 g/mol. The van der Waals surface area contributed by atoms with Crippen LogP contribution in [0.3, 0.4) is 0 Å². The second-order valence-electron chi connectivity index (χ2n) is 6.74. The third-order valence-electron chi connectivity index (χ3n) is 4.20. The summed E-state index contributed by atoms with van der Waals surface area (Å²) in [5.41, 5.74) is 2.10. The van der Waals surface area contributed by atoms with Gasteiger partial charge in [0.05, 0.1) is 22.9 Å². The second kappa shape index (κ2) is 8.32. The van der Waals surface area contributed by atoms with E-state index >= 15 is 0 Å². The van der Waals surface area contributed by atoms with Crippen molar-refractivity contribution in [1.29, 1.82) is 0 Å². The van der Waals surface area contributed by atoms with Crippen molar-refractivity contribution >= 4 is 31.5 Å². The van der Waals surface area contributed by atoms with Crippen LogP contribution in [-0.4, -0.2) is 41.8 Å². The molecular formula is C19H24N2O5S2. The van der Waals surface area contributed by atoms with Crippen LogP contribution in [0.1, 0.15) is 24.1 Å². The summed E-state index contributed by atoms with van der Waals surface area (Å²) in [6.07, 6.45) is 2.17. The molecule has 0 unspecified atom stereocenters. The monoisotopic (exact) mass is 424 g/mol. The number of sulfonamides is 1. The number of nitrogens with zero attached hydrogens (tertiary/aromatic N) is 1. The Morgan fingerprint density at radius 1 is 0.964 bits per heavy atom. The first-order valence-electron chi connectivity index (χ1n) is 8.51. The molecule has 7 nitrogen and oxygen atoms in total. The highest BCUT2D eigenvalue weighted by Gasteiger charge is 2.22. The van der Waals surface area contributed by atoms with E-state index in [4.69, 9.17) is 0 Å². The number of benzene rings is 2. The standard InChI is InChI=1S/C19H24N2O5S2/c1-14-5-9-17(10-6-14)21(28(4,25)26)13-19(22)20-15(2)16-7-11-18(12-8-16)27(3,23)24/h5-12,15H,13H2,1-4H3,(H,20,22)/t15-/m1/s1. The van der Waals surface area contributed by atoms with Gasteiger partial charge in [0, 0.05) is 6.26 Å². The largest absolute Gasteiger partial charge is 0.348 e. The Morgan fingerprint density at radius 3 is 1.96 bits per heavy atom. The normalized spacial score (nSPS) is 13.0.